The molecule has 0 saturated heterocycles. The summed E-state index contributed by atoms with van der Waals surface area (Å²) in [5.41, 5.74) is 2.01. The number of halogens is 1. The summed E-state index contributed by atoms with van der Waals surface area (Å²) in [7, 11) is -1.06. The van der Waals surface area contributed by atoms with E-state index in [0.717, 1.165) is 9.87 Å². The predicted molar refractivity (Wildman–Crippen MR) is 115 cm³/mol. The fourth-order valence-electron chi connectivity index (χ4n) is 2.68. The van der Waals surface area contributed by atoms with Gasteiger partial charge in [-0.3, -0.25) is 0 Å². The molecule has 0 radical (unpaired) electrons. The predicted octanol–water partition coefficient (Wildman–Crippen LogP) is 4.12. The van der Waals surface area contributed by atoms with Crippen LogP contribution in [0.1, 0.15) is 41.6 Å². The van der Waals surface area contributed by atoms with Gasteiger partial charge >= 0.3 is 5.97 Å². The zero-order chi connectivity index (χ0) is 22.8. The van der Waals surface area contributed by atoms with Gasteiger partial charge in [0.2, 0.25) is 15.8 Å². The Balaban J connectivity index is 1.71. The van der Waals surface area contributed by atoms with Crippen LogP contribution >= 0.6 is 11.6 Å². The SMILES string of the molecule is CC(C)c1ccc(-c2noc(COC(=O)c3ccc(Cl)c(S(=O)(=O)N(C)C)c3)n2)cc1. The summed E-state index contributed by atoms with van der Waals surface area (Å²) in [5.74, 6) is 0.168. The Bertz CT molecular complexity index is 1190. The monoisotopic (exact) mass is 463 g/mol. The Morgan fingerprint density at radius 1 is 1.16 bits per heavy atom. The van der Waals surface area contributed by atoms with Crippen molar-refractivity contribution in [1.29, 1.82) is 0 Å². The summed E-state index contributed by atoms with van der Waals surface area (Å²) in [6.07, 6.45) is 0. The summed E-state index contributed by atoms with van der Waals surface area (Å²) >= 11 is 6.00. The smallest absolute Gasteiger partial charge is 0.338 e. The third-order valence-corrected chi connectivity index (χ3v) is 6.85. The van der Waals surface area contributed by atoms with E-state index in [1.165, 1.54) is 37.9 Å². The van der Waals surface area contributed by atoms with Crippen molar-refractivity contribution in [2.75, 3.05) is 14.1 Å². The summed E-state index contributed by atoms with van der Waals surface area (Å²) in [6.45, 7) is 3.96. The van der Waals surface area contributed by atoms with Crippen LogP contribution in [0.4, 0.5) is 0 Å². The highest BCUT2D eigenvalue weighted by molar-refractivity contribution is 7.89. The molecular weight excluding hydrogens is 442 g/mol. The molecule has 31 heavy (non-hydrogen) atoms. The molecule has 164 valence electrons. The molecule has 0 aliphatic carbocycles. The topological polar surface area (TPSA) is 103 Å². The van der Waals surface area contributed by atoms with Crippen molar-refractivity contribution in [3.8, 4) is 11.4 Å². The van der Waals surface area contributed by atoms with Crippen molar-refractivity contribution in [1.82, 2.24) is 14.4 Å². The minimum absolute atomic E-state index is 0.00952. The first kappa shape index (κ1) is 22.9. The van der Waals surface area contributed by atoms with E-state index in [4.69, 9.17) is 20.9 Å². The zero-order valence-electron chi connectivity index (χ0n) is 17.5. The number of aromatic nitrogens is 2. The Hall–Kier alpha value is -2.75. The van der Waals surface area contributed by atoms with Crippen molar-refractivity contribution in [3.05, 3.63) is 64.5 Å². The zero-order valence-corrected chi connectivity index (χ0v) is 19.1. The number of hydrogen-bond acceptors (Lipinski definition) is 7. The molecule has 3 aromatic rings. The van der Waals surface area contributed by atoms with Crippen LogP contribution in [0.25, 0.3) is 11.4 Å². The third-order valence-electron chi connectivity index (χ3n) is 4.56. The van der Waals surface area contributed by atoms with E-state index in [9.17, 15) is 13.2 Å². The van der Waals surface area contributed by atoms with E-state index in [1.807, 2.05) is 24.3 Å². The lowest BCUT2D eigenvalue weighted by Gasteiger charge is -2.13. The maximum absolute atomic E-state index is 12.4. The number of ether oxygens (including phenoxy) is 1. The molecule has 10 heteroatoms. The largest absolute Gasteiger partial charge is 0.452 e. The van der Waals surface area contributed by atoms with Gasteiger partial charge in [0.05, 0.1) is 10.6 Å². The van der Waals surface area contributed by atoms with Gasteiger partial charge in [-0.05, 0) is 29.7 Å². The van der Waals surface area contributed by atoms with Crippen LogP contribution < -0.4 is 0 Å². The second kappa shape index (κ2) is 9.17. The van der Waals surface area contributed by atoms with Crippen LogP contribution in [-0.4, -0.2) is 42.9 Å². The van der Waals surface area contributed by atoms with Crippen LogP contribution in [0.3, 0.4) is 0 Å². The number of hydrogen-bond donors (Lipinski definition) is 0. The number of benzene rings is 2. The molecule has 0 fully saturated rings. The van der Waals surface area contributed by atoms with Crippen molar-refractivity contribution in [2.45, 2.75) is 31.3 Å². The number of carbonyl (C=O) groups is 1. The molecule has 8 nitrogen and oxygen atoms in total. The highest BCUT2D eigenvalue weighted by Gasteiger charge is 2.23. The van der Waals surface area contributed by atoms with Crippen molar-refractivity contribution in [3.63, 3.8) is 0 Å². The number of carbonyl (C=O) groups excluding carboxylic acids is 1. The molecule has 3 rings (SSSR count). The highest BCUT2D eigenvalue weighted by atomic mass is 35.5. The number of nitrogens with zero attached hydrogens (tertiary/aromatic N) is 3. The second-order valence-corrected chi connectivity index (χ2v) is 9.82. The van der Waals surface area contributed by atoms with E-state index in [-0.39, 0.29) is 28.0 Å². The van der Waals surface area contributed by atoms with Crippen LogP contribution in [0.2, 0.25) is 5.02 Å². The Kier molecular flexibility index (Phi) is 6.78. The maximum atomic E-state index is 12.4. The summed E-state index contributed by atoms with van der Waals surface area (Å²) < 4.78 is 36.1. The fourth-order valence-corrected chi connectivity index (χ4v) is 4.08. The molecule has 0 aliphatic heterocycles. The van der Waals surface area contributed by atoms with Crippen LogP contribution in [0.5, 0.6) is 0 Å². The van der Waals surface area contributed by atoms with Crippen molar-refractivity contribution >= 4 is 27.6 Å². The average molecular weight is 464 g/mol. The molecule has 0 unspecified atom stereocenters. The summed E-state index contributed by atoms with van der Waals surface area (Å²) in [6, 6.07) is 11.7. The Labute approximate surface area is 185 Å². The lowest BCUT2D eigenvalue weighted by atomic mass is 10.0. The summed E-state index contributed by atoms with van der Waals surface area (Å²) in [5, 5.41) is 3.92. The van der Waals surface area contributed by atoms with Gasteiger partial charge in [-0.25, -0.2) is 17.5 Å². The minimum Gasteiger partial charge on any atom is -0.452 e. The first-order valence-electron chi connectivity index (χ1n) is 9.41. The van der Waals surface area contributed by atoms with Gasteiger partial charge in [0.25, 0.3) is 5.89 Å². The summed E-state index contributed by atoms with van der Waals surface area (Å²) in [4.78, 5) is 16.4. The molecule has 0 atom stereocenters. The highest BCUT2D eigenvalue weighted by Crippen LogP contribution is 2.25. The average Bonchev–Trinajstić information content (AvgIpc) is 3.21. The van der Waals surface area contributed by atoms with Gasteiger partial charge in [0, 0.05) is 19.7 Å². The van der Waals surface area contributed by atoms with E-state index in [0.29, 0.717) is 11.7 Å². The first-order chi connectivity index (χ1) is 14.6. The molecule has 0 bridgehead atoms. The van der Waals surface area contributed by atoms with Crippen LogP contribution in [0.15, 0.2) is 51.9 Å². The molecule has 0 aliphatic rings. The molecule has 1 aromatic heterocycles. The van der Waals surface area contributed by atoms with E-state index in [2.05, 4.69) is 24.0 Å². The molecule has 2 aromatic carbocycles. The minimum atomic E-state index is -3.81. The van der Waals surface area contributed by atoms with Gasteiger partial charge in [-0.1, -0.05) is 54.9 Å². The Morgan fingerprint density at radius 2 is 1.84 bits per heavy atom. The molecule has 0 saturated carbocycles. The van der Waals surface area contributed by atoms with E-state index < -0.39 is 16.0 Å². The maximum Gasteiger partial charge on any atom is 0.338 e. The van der Waals surface area contributed by atoms with Crippen LogP contribution in [-0.2, 0) is 21.4 Å². The number of sulfonamides is 1. The lowest BCUT2D eigenvalue weighted by molar-refractivity contribution is 0.0429. The van der Waals surface area contributed by atoms with E-state index in [1.54, 1.807) is 0 Å². The number of rotatable bonds is 7. The van der Waals surface area contributed by atoms with Gasteiger partial charge in [0.15, 0.2) is 6.61 Å². The normalized spacial score (nSPS) is 11.8. The van der Waals surface area contributed by atoms with Gasteiger partial charge < -0.3 is 9.26 Å². The molecule has 0 N–H and O–H groups in total. The second-order valence-electron chi connectivity index (χ2n) is 7.30. The molecule has 0 spiro atoms. The molecular formula is C21H22ClN3O5S. The van der Waals surface area contributed by atoms with Crippen LogP contribution in [0, 0.1) is 0 Å². The van der Waals surface area contributed by atoms with E-state index >= 15 is 0 Å². The lowest BCUT2D eigenvalue weighted by Crippen LogP contribution is -2.23. The quantitative estimate of drug-likeness (QED) is 0.485. The molecule has 0 amide bonds. The Morgan fingerprint density at radius 3 is 2.45 bits per heavy atom. The standard InChI is InChI=1S/C21H22ClN3O5S/c1-13(2)14-5-7-15(8-6-14)20-23-19(30-24-20)12-29-21(26)16-9-10-17(22)18(11-16)31(27,28)25(3)4/h5-11,13H,12H2,1-4H3. The van der Waals surface area contributed by atoms with Gasteiger partial charge in [0.1, 0.15) is 4.90 Å². The number of esters is 1. The fraction of sp³-hybridized carbons (Fsp3) is 0.286. The van der Waals surface area contributed by atoms with Crippen molar-refractivity contribution < 1.29 is 22.5 Å². The third kappa shape index (κ3) is 5.12. The van der Waals surface area contributed by atoms with Gasteiger partial charge in [-0.2, -0.15) is 4.98 Å². The van der Waals surface area contributed by atoms with Crippen molar-refractivity contribution in [2.24, 2.45) is 0 Å². The molecule has 1 heterocycles. The first-order valence-corrected chi connectivity index (χ1v) is 11.2. The van der Waals surface area contributed by atoms with Gasteiger partial charge in [-0.15, -0.1) is 0 Å².